The second kappa shape index (κ2) is 11.2. The number of nitrogens with zero attached hydrogens (tertiary/aromatic N) is 4. The summed E-state index contributed by atoms with van der Waals surface area (Å²) < 4.78 is 8.77. The molecule has 35 heavy (non-hydrogen) atoms. The van der Waals surface area contributed by atoms with Crippen LogP contribution in [0.3, 0.4) is 0 Å². The number of carbonyl (C=O) groups is 2. The Kier molecular flexibility index (Phi) is 8.21. The molecule has 3 heterocycles. The first-order valence-corrected chi connectivity index (χ1v) is 12.8. The second-order valence-electron chi connectivity index (χ2n) is 8.41. The molecule has 1 aromatic carbocycles. The van der Waals surface area contributed by atoms with E-state index in [1.807, 2.05) is 29.7 Å². The average molecular weight is 583 g/mol. The van der Waals surface area contributed by atoms with Gasteiger partial charge in [0.05, 0.1) is 29.5 Å². The lowest BCUT2D eigenvalue weighted by Crippen LogP contribution is -2.42. The van der Waals surface area contributed by atoms with Gasteiger partial charge in [0.25, 0.3) is 0 Å². The van der Waals surface area contributed by atoms with Gasteiger partial charge in [0.1, 0.15) is 11.2 Å². The van der Waals surface area contributed by atoms with E-state index in [2.05, 4.69) is 31.1 Å². The lowest BCUT2D eigenvalue weighted by molar-refractivity contribution is -0.125. The van der Waals surface area contributed by atoms with Crippen molar-refractivity contribution in [2.75, 3.05) is 38.1 Å². The van der Waals surface area contributed by atoms with Crippen LogP contribution < -0.4 is 15.0 Å². The number of hydrogen-bond donors (Lipinski definition) is 1. The van der Waals surface area contributed by atoms with Crippen LogP contribution in [0.4, 0.5) is 5.69 Å². The predicted octanol–water partition coefficient (Wildman–Crippen LogP) is 4.47. The molecule has 186 valence electrons. The number of likely N-dealkylation sites (N-methyl/N-ethyl adjacent to an activating group) is 1. The fourth-order valence-corrected chi connectivity index (χ4v) is 4.97. The minimum atomic E-state index is -0.293. The summed E-state index contributed by atoms with van der Waals surface area (Å²) in [5.74, 6) is 0.113. The van der Waals surface area contributed by atoms with Gasteiger partial charge < -0.3 is 15.0 Å². The van der Waals surface area contributed by atoms with E-state index in [1.54, 1.807) is 19.2 Å². The Bertz CT molecular complexity index is 1260. The summed E-state index contributed by atoms with van der Waals surface area (Å²) in [5, 5.41) is 3.43. The van der Waals surface area contributed by atoms with Crippen molar-refractivity contribution in [3.8, 4) is 5.75 Å². The van der Waals surface area contributed by atoms with Crippen molar-refractivity contribution in [1.82, 2.24) is 19.6 Å². The molecule has 1 saturated heterocycles. The third-order valence-corrected chi connectivity index (χ3v) is 7.72. The third-order valence-electron chi connectivity index (χ3n) is 5.99. The number of likely N-dealkylation sites (tertiary alicyclic amines) is 1. The van der Waals surface area contributed by atoms with Crippen LogP contribution in [0.1, 0.15) is 24.1 Å². The molecular weight excluding hydrogens is 557 g/mol. The summed E-state index contributed by atoms with van der Waals surface area (Å²) >= 11 is 16.6. The second-order valence-corrected chi connectivity index (χ2v) is 9.95. The highest BCUT2D eigenvalue weighted by atomic mass is 79.9. The molecule has 0 spiro atoms. The predicted molar refractivity (Wildman–Crippen MR) is 141 cm³/mol. The van der Waals surface area contributed by atoms with Crippen LogP contribution in [0.5, 0.6) is 5.75 Å². The van der Waals surface area contributed by atoms with E-state index in [1.165, 1.54) is 4.90 Å². The van der Waals surface area contributed by atoms with Gasteiger partial charge in [0, 0.05) is 23.8 Å². The zero-order chi connectivity index (χ0) is 25.1. The van der Waals surface area contributed by atoms with E-state index in [4.69, 9.17) is 27.9 Å². The quantitative estimate of drug-likeness (QED) is 0.424. The third kappa shape index (κ3) is 5.74. The van der Waals surface area contributed by atoms with Crippen molar-refractivity contribution in [2.24, 2.45) is 0 Å². The fourth-order valence-electron chi connectivity index (χ4n) is 3.99. The summed E-state index contributed by atoms with van der Waals surface area (Å²) in [4.78, 5) is 33.0. The molecule has 0 radical (unpaired) electrons. The maximum Gasteiger partial charge on any atom is 0.246 e. The summed E-state index contributed by atoms with van der Waals surface area (Å²) in [6, 6.07) is 7.03. The Balaban J connectivity index is 1.44. The number of halogens is 3. The minimum Gasteiger partial charge on any atom is -0.485 e. The smallest absolute Gasteiger partial charge is 0.246 e. The van der Waals surface area contributed by atoms with Gasteiger partial charge >= 0.3 is 0 Å². The molecular formula is C24H26BrCl2N5O3. The van der Waals surface area contributed by atoms with Gasteiger partial charge in [-0.15, -0.1) is 0 Å². The number of hydrogen-bond acceptors (Lipinski definition) is 5. The number of carbonyl (C=O) groups excluding carboxylic acids is 2. The zero-order valence-electron chi connectivity index (χ0n) is 19.5. The Morgan fingerprint density at radius 1 is 1.23 bits per heavy atom. The Morgan fingerprint density at radius 2 is 1.97 bits per heavy atom. The molecule has 0 bridgehead atoms. The van der Waals surface area contributed by atoms with E-state index < -0.39 is 0 Å². The molecule has 2 aromatic heterocycles. The van der Waals surface area contributed by atoms with E-state index in [0.717, 1.165) is 36.2 Å². The first-order valence-electron chi connectivity index (χ1n) is 11.2. The van der Waals surface area contributed by atoms with Gasteiger partial charge in [-0.25, -0.2) is 4.98 Å². The van der Waals surface area contributed by atoms with Crippen LogP contribution in [-0.4, -0.2) is 59.3 Å². The SMILES string of the molecule is Cc1nc2c(OCc3c(Cl)ccc(N(C)C(=O)CNC(=O)CN4CCCC4)c3Cl)cccn2c1Br. The van der Waals surface area contributed by atoms with Crippen LogP contribution in [0.25, 0.3) is 5.65 Å². The van der Waals surface area contributed by atoms with Gasteiger partial charge in [0.2, 0.25) is 11.8 Å². The van der Waals surface area contributed by atoms with Crippen LogP contribution in [-0.2, 0) is 16.2 Å². The number of aromatic nitrogens is 2. The Hall–Kier alpha value is -2.33. The van der Waals surface area contributed by atoms with Crippen molar-refractivity contribution in [1.29, 1.82) is 0 Å². The van der Waals surface area contributed by atoms with Gasteiger partial charge in [-0.3, -0.25) is 18.9 Å². The van der Waals surface area contributed by atoms with Gasteiger partial charge in [-0.2, -0.15) is 0 Å². The van der Waals surface area contributed by atoms with Crippen LogP contribution >= 0.6 is 39.1 Å². The first-order chi connectivity index (χ1) is 16.8. The fraction of sp³-hybridized carbons (Fsp3) is 0.375. The summed E-state index contributed by atoms with van der Waals surface area (Å²) in [6.07, 6.45) is 4.09. The van der Waals surface area contributed by atoms with Crippen molar-refractivity contribution in [2.45, 2.75) is 26.4 Å². The molecule has 1 N–H and O–H groups in total. The molecule has 4 rings (SSSR count). The number of pyridine rings is 1. The number of amides is 2. The zero-order valence-corrected chi connectivity index (χ0v) is 22.6. The topological polar surface area (TPSA) is 79.2 Å². The highest BCUT2D eigenvalue weighted by molar-refractivity contribution is 9.10. The first kappa shape index (κ1) is 25.8. The van der Waals surface area contributed by atoms with Gasteiger partial charge in [-0.1, -0.05) is 23.2 Å². The number of imidazole rings is 1. The molecule has 1 aliphatic heterocycles. The minimum absolute atomic E-state index is 0.0866. The van der Waals surface area contributed by atoms with Gasteiger partial charge in [-0.05, 0) is 73.1 Å². The highest BCUT2D eigenvalue weighted by Gasteiger charge is 2.21. The Morgan fingerprint density at radius 3 is 2.71 bits per heavy atom. The molecule has 1 aliphatic rings. The van der Waals surface area contributed by atoms with E-state index in [0.29, 0.717) is 39.2 Å². The lowest BCUT2D eigenvalue weighted by Gasteiger charge is -2.22. The number of aryl methyl sites for hydroxylation is 1. The number of ether oxygens (including phenoxy) is 1. The highest BCUT2D eigenvalue weighted by Crippen LogP contribution is 2.35. The van der Waals surface area contributed by atoms with Crippen LogP contribution in [0.15, 0.2) is 35.1 Å². The summed E-state index contributed by atoms with van der Waals surface area (Å²) in [6.45, 7) is 4.00. The number of nitrogens with one attached hydrogen (secondary N) is 1. The molecule has 0 atom stereocenters. The normalized spacial score (nSPS) is 13.9. The standard InChI is InChI=1S/C24H26BrCl2N5O3/c1-15-23(25)32-11-5-6-19(24(32)29-15)35-14-16-17(26)7-8-18(22(16)27)30(2)21(34)12-28-20(33)13-31-9-3-4-10-31/h5-8,11H,3-4,9-10,12-14H2,1-2H3,(H,28,33). The average Bonchev–Trinajstić information content (AvgIpc) is 3.45. The van der Waals surface area contributed by atoms with Crippen molar-refractivity contribution >= 4 is 62.3 Å². The van der Waals surface area contributed by atoms with Crippen molar-refractivity contribution < 1.29 is 14.3 Å². The van der Waals surface area contributed by atoms with E-state index in [-0.39, 0.29) is 25.0 Å². The maximum absolute atomic E-state index is 12.8. The molecule has 0 unspecified atom stereocenters. The summed E-state index contributed by atoms with van der Waals surface area (Å²) in [7, 11) is 1.61. The molecule has 2 amide bonds. The lowest BCUT2D eigenvalue weighted by atomic mass is 10.2. The Labute approximate surface area is 222 Å². The van der Waals surface area contributed by atoms with Crippen LogP contribution in [0.2, 0.25) is 10.0 Å². The number of anilines is 1. The van der Waals surface area contributed by atoms with Crippen LogP contribution in [0, 0.1) is 6.92 Å². The summed E-state index contributed by atoms with van der Waals surface area (Å²) in [5.41, 5.74) is 2.53. The molecule has 11 heteroatoms. The van der Waals surface area contributed by atoms with Crippen molar-refractivity contribution in [3.63, 3.8) is 0 Å². The molecule has 0 aliphatic carbocycles. The largest absolute Gasteiger partial charge is 0.485 e. The monoisotopic (exact) mass is 581 g/mol. The van der Waals surface area contributed by atoms with Gasteiger partial charge in [0.15, 0.2) is 11.4 Å². The molecule has 3 aromatic rings. The molecule has 8 nitrogen and oxygen atoms in total. The molecule has 1 fully saturated rings. The molecule has 0 saturated carbocycles. The van der Waals surface area contributed by atoms with Crippen molar-refractivity contribution in [3.05, 3.63) is 56.4 Å². The van der Waals surface area contributed by atoms with E-state index in [9.17, 15) is 9.59 Å². The number of fused-ring (bicyclic) bond motifs is 1. The number of benzene rings is 1. The number of rotatable bonds is 8. The van der Waals surface area contributed by atoms with E-state index >= 15 is 0 Å². The maximum atomic E-state index is 12.8.